The highest BCUT2D eigenvalue weighted by Crippen LogP contribution is 2.18. The Bertz CT molecular complexity index is 106. The molecule has 0 radical (unpaired) electrons. The van der Waals surface area contributed by atoms with Gasteiger partial charge in [-0.2, -0.15) is 0 Å². The smallest absolute Gasteiger partial charge is 0.0516 e. The van der Waals surface area contributed by atoms with E-state index in [2.05, 4.69) is 0 Å². The van der Waals surface area contributed by atoms with Gasteiger partial charge in [-0.25, -0.2) is 0 Å². The first-order valence-corrected chi connectivity index (χ1v) is 4.63. The van der Waals surface area contributed by atoms with E-state index < -0.39 is 0 Å². The number of allylic oxidation sites excluding steroid dienone is 2. The van der Waals surface area contributed by atoms with Crippen molar-refractivity contribution in [3.63, 3.8) is 0 Å². The Morgan fingerprint density at radius 3 is 1.70 bits per heavy atom. The lowest BCUT2D eigenvalue weighted by Crippen LogP contribution is -2.02. The van der Waals surface area contributed by atoms with Crippen LogP contribution in [0.15, 0.2) is 12.2 Å². The zero-order valence-electron chi connectivity index (χ0n) is 5.89. The summed E-state index contributed by atoms with van der Waals surface area (Å²) < 4.78 is 0. The molecule has 10 heavy (non-hydrogen) atoms. The molecule has 0 nitrogen and oxygen atoms in total. The van der Waals surface area contributed by atoms with Gasteiger partial charge in [0, 0.05) is 0 Å². The molecule has 0 fully saturated rings. The van der Waals surface area contributed by atoms with Crippen molar-refractivity contribution in [2.45, 2.75) is 36.4 Å². The third-order valence-electron chi connectivity index (χ3n) is 1.74. The first kappa shape index (κ1) is 8.42. The summed E-state index contributed by atoms with van der Waals surface area (Å²) in [5.41, 5.74) is 0. The Morgan fingerprint density at radius 1 is 0.900 bits per heavy atom. The summed E-state index contributed by atoms with van der Waals surface area (Å²) in [6, 6.07) is 0. The van der Waals surface area contributed by atoms with E-state index in [4.69, 9.17) is 23.2 Å². The zero-order valence-corrected chi connectivity index (χ0v) is 7.41. The summed E-state index contributed by atoms with van der Waals surface area (Å²) in [6.45, 7) is 0. The molecule has 1 rings (SSSR count). The van der Waals surface area contributed by atoms with Crippen molar-refractivity contribution < 1.29 is 0 Å². The molecule has 58 valence electrons. The van der Waals surface area contributed by atoms with Gasteiger partial charge in [0.1, 0.15) is 0 Å². The van der Waals surface area contributed by atoms with Gasteiger partial charge in [-0.15, -0.1) is 23.2 Å². The topological polar surface area (TPSA) is 0 Å². The van der Waals surface area contributed by atoms with Crippen molar-refractivity contribution in [1.29, 1.82) is 0 Å². The Kier molecular flexibility index (Phi) is 3.58. The molecule has 2 unspecified atom stereocenters. The van der Waals surface area contributed by atoms with Crippen LogP contribution in [0.3, 0.4) is 0 Å². The summed E-state index contributed by atoms with van der Waals surface area (Å²) >= 11 is 11.8. The molecule has 0 aliphatic heterocycles. The van der Waals surface area contributed by atoms with Crippen molar-refractivity contribution in [3.05, 3.63) is 12.2 Å². The van der Waals surface area contributed by atoms with Crippen LogP contribution in [0.1, 0.15) is 25.7 Å². The fourth-order valence-corrected chi connectivity index (χ4v) is 1.59. The van der Waals surface area contributed by atoms with E-state index in [1.807, 2.05) is 12.2 Å². The minimum atomic E-state index is 0.210. The Labute approximate surface area is 72.2 Å². The van der Waals surface area contributed by atoms with Gasteiger partial charge >= 0.3 is 0 Å². The molecule has 0 spiro atoms. The van der Waals surface area contributed by atoms with Gasteiger partial charge < -0.3 is 0 Å². The van der Waals surface area contributed by atoms with Gasteiger partial charge in [0.25, 0.3) is 0 Å². The van der Waals surface area contributed by atoms with Gasteiger partial charge in [0.05, 0.1) is 10.8 Å². The first-order valence-electron chi connectivity index (χ1n) is 3.75. The van der Waals surface area contributed by atoms with Crippen molar-refractivity contribution >= 4 is 23.2 Å². The number of halogens is 2. The summed E-state index contributed by atoms with van der Waals surface area (Å²) in [5.74, 6) is 0. The van der Waals surface area contributed by atoms with Crippen molar-refractivity contribution in [2.75, 3.05) is 0 Å². The molecule has 0 aromatic carbocycles. The zero-order chi connectivity index (χ0) is 7.40. The van der Waals surface area contributed by atoms with Crippen molar-refractivity contribution in [1.82, 2.24) is 0 Å². The standard InChI is InChI=1S/C8H12Cl2/c9-7-3-1-2-4-8(10)6-5-7/h5-8H,1-4H2. The van der Waals surface area contributed by atoms with Crippen LogP contribution in [-0.2, 0) is 0 Å². The average Bonchev–Trinajstić information content (AvgIpc) is 1.90. The summed E-state index contributed by atoms with van der Waals surface area (Å²) in [5, 5.41) is 0.420. The highest BCUT2D eigenvalue weighted by molar-refractivity contribution is 6.23. The first-order chi connectivity index (χ1) is 4.79. The molecule has 0 N–H and O–H groups in total. The Balaban J connectivity index is 2.42. The Hall–Kier alpha value is 0.320. The summed E-state index contributed by atoms with van der Waals surface area (Å²) in [4.78, 5) is 0. The molecule has 1 aliphatic carbocycles. The summed E-state index contributed by atoms with van der Waals surface area (Å²) in [7, 11) is 0. The van der Waals surface area contributed by atoms with Crippen LogP contribution in [0.5, 0.6) is 0 Å². The maximum Gasteiger partial charge on any atom is 0.0516 e. The second-order valence-corrected chi connectivity index (χ2v) is 3.82. The molecule has 2 atom stereocenters. The third-order valence-corrected chi connectivity index (χ3v) is 2.47. The van der Waals surface area contributed by atoms with E-state index in [1.165, 1.54) is 12.8 Å². The minimum Gasteiger partial charge on any atom is -0.118 e. The van der Waals surface area contributed by atoms with E-state index in [9.17, 15) is 0 Å². The number of hydrogen-bond acceptors (Lipinski definition) is 0. The molecular formula is C8H12Cl2. The lowest BCUT2D eigenvalue weighted by molar-refractivity contribution is 0.644. The highest BCUT2D eigenvalue weighted by atomic mass is 35.5. The summed E-state index contributed by atoms with van der Waals surface area (Å²) in [6.07, 6.45) is 8.64. The van der Waals surface area contributed by atoms with E-state index >= 15 is 0 Å². The molecule has 0 saturated carbocycles. The van der Waals surface area contributed by atoms with Gasteiger partial charge in [0.15, 0.2) is 0 Å². The van der Waals surface area contributed by atoms with Crippen molar-refractivity contribution in [2.24, 2.45) is 0 Å². The average molecular weight is 179 g/mol. The molecule has 0 bridgehead atoms. The van der Waals surface area contributed by atoms with Crippen molar-refractivity contribution in [3.8, 4) is 0 Å². The quantitative estimate of drug-likeness (QED) is 0.395. The van der Waals surface area contributed by atoms with Crippen LogP contribution in [0.25, 0.3) is 0 Å². The molecule has 0 aromatic rings. The van der Waals surface area contributed by atoms with Gasteiger partial charge in [-0.1, -0.05) is 25.0 Å². The molecular weight excluding hydrogens is 167 g/mol. The molecule has 0 heterocycles. The van der Waals surface area contributed by atoms with Gasteiger partial charge in [-0.05, 0) is 12.8 Å². The predicted octanol–water partition coefficient (Wildman–Crippen LogP) is 3.33. The molecule has 0 saturated heterocycles. The van der Waals surface area contributed by atoms with Gasteiger partial charge in [-0.3, -0.25) is 0 Å². The monoisotopic (exact) mass is 178 g/mol. The normalized spacial score (nSPS) is 35.0. The van der Waals surface area contributed by atoms with E-state index in [-0.39, 0.29) is 10.8 Å². The highest BCUT2D eigenvalue weighted by Gasteiger charge is 2.06. The second kappa shape index (κ2) is 4.25. The van der Waals surface area contributed by atoms with Gasteiger partial charge in [0.2, 0.25) is 0 Å². The van der Waals surface area contributed by atoms with E-state index in [0.717, 1.165) is 12.8 Å². The van der Waals surface area contributed by atoms with Crippen LogP contribution in [0, 0.1) is 0 Å². The molecule has 0 aromatic heterocycles. The molecule has 1 aliphatic rings. The van der Waals surface area contributed by atoms with E-state index in [1.54, 1.807) is 0 Å². The predicted molar refractivity (Wildman–Crippen MR) is 46.9 cm³/mol. The lowest BCUT2D eigenvalue weighted by atomic mass is 10.1. The number of hydrogen-bond donors (Lipinski definition) is 0. The van der Waals surface area contributed by atoms with Crippen LogP contribution >= 0.6 is 23.2 Å². The van der Waals surface area contributed by atoms with Crippen LogP contribution < -0.4 is 0 Å². The maximum absolute atomic E-state index is 5.91. The van der Waals surface area contributed by atoms with Crippen LogP contribution in [0.2, 0.25) is 0 Å². The fourth-order valence-electron chi connectivity index (χ4n) is 1.11. The SMILES string of the molecule is ClC1C=CC(Cl)CCCC1. The lowest BCUT2D eigenvalue weighted by Gasteiger charge is -2.10. The minimum absolute atomic E-state index is 0.210. The van der Waals surface area contributed by atoms with E-state index in [0.29, 0.717) is 0 Å². The maximum atomic E-state index is 5.91. The third kappa shape index (κ3) is 2.94. The molecule has 0 amide bonds. The number of alkyl halides is 2. The van der Waals surface area contributed by atoms with Crippen LogP contribution in [0.4, 0.5) is 0 Å². The molecule has 2 heteroatoms. The second-order valence-electron chi connectivity index (χ2n) is 2.70. The largest absolute Gasteiger partial charge is 0.118 e. The number of rotatable bonds is 0. The Morgan fingerprint density at radius 2 is 1.30 bits per heavy atom. The fraction of sp³-hybridized carbons (Fsp3) is 0.750. The van der Waals surface area contributed by atoms with Crippen LogP contribution in [-0.4, -0.2) is 10.8 Å².